The molecule has 100 valence electrons. The summed E-state index contributed by atoms with van der Waals surface area (Å²) in [4.78, 5) is -0.148. The number of hydrogen-bond acceptors (Lipinski definition) is 3. The van der Waals surface area contributed by atoms with Crippen LogP contribution in [0.2, 0.25) is 5.02 Å². The molecule has 1 aromatic rings. The van der Waals surface area contributed by atoms with Crippen LogP contribution in [0.15, 0.2) is 33.7 Å². The third-order valence-electron chi connectivity index (χ3n) is 2.01. The van der Waals surface area contributed by atoms with E-state index in [2.05, 4.69) is 22.5 Å². The van der Waals surface area contributed by atoms with Crippen molar-refractivity contribution in [1.82, 2.24) is 0 Å². The van der Waals surface area contributed by atoms with E-state index in [4.69, 9.17) is 27.0 Å². The van der Waals surface area contributed by atoms with Crippen molar-refractivity contribution in [1.29, 1.82) is 0 Å². The molecule has 0 heterocycles. The molecule has 0 radical (unpaired) electrons. The van der Waals surface area contributed by atoms with Crippen molar-refractivity contribution in [3.05, 3.63) is 33.8 Å². The van der Waals surface area contributed by atoms with Crippen LogP contribution in [-0.2, 0) is 9.05 Å². The van der Waals surface area contributed by atoms with E-state index in [0.29, 0.717) is 10.9 Å². The van der Waals surface area contributed by atoms with E-state index < -0.39 is 9.05 Å². The Morgan fingerprint density at radius 1 is 1.50 bits per heavy atom. The Morgan fingerprint density at radius 3 is 2.61 bits per heavy atom. The zero-order valence-electron chi connectivity index (χ0n) is 9.54. The summed E-state index contributed by atoms with van der Waals surface area (Å²) in [5, 5.41) is 0.185. The molecule has 0 spiro atoms. The Bertz CT molecular complexity index is 570. The second-order valence-electron chi connectivity index (χ2n) is 3.71. The number of benzene rings is 1. The molecular formula is C11H11BrCl2O3S. The van der Waals surface area contributed by atoms with Crippen LogP contribution < -0.4 is 4.74 Å². The largest absolute Gasteiger partial charge is 0.490 e. The minimum atomic E-state index is -3.92. The van der Waals surface area contributed by atoms with Gasteiger partial charge >= 0.3 is 0 Å². The summed E-state index contributed by atoms with van der Waals surface area (Å²) in [5.74, 6) is 0.0658. The minimum Gasteiger partial charge on any atom is -0.490 e. The molecule has 0 saturated carbocycles. The molecule has 0 aromatic heterocycles. The summed E-state index contributed by atoms with van der Waals surface area (Å²) in [5.41, 5.74) is 0.929. The number of halogens is 3. The van der Waals surface area contributed by atoms with E-state index in [0.717, 1.165) is 5.57 Å². The molecule has 0 aliphatic rings. The van der Waals surface area contributed by atoms with Crippen LogP contribution >= 0.6 is 38.2 Å². The molecule has 0 aliphatic heterocycles. The molecule has 18 heavy (non-hydrogen) atoms. The summed E-state index contributed by atoms with van der Waals surface area (Å²) in [6.45, 7) is 5.87. The summed E-state index contributed by atoms with van der Waals surface area (Å²) in [7, 11) is 1.43. The van der Waals surface area contributed by atoms with Crippen LogP contribution in [0.4, 0.5) is 0 Å². The predicted octanol–water partition coefficient (Wildman–Crippen LogP) is 4.38. The highest BCUT2D eigenvalue weighted by Crippen LogP contribution is 2.37. The van der Waals surface area contributed by atoms with Gasteiger partial charge in [0.2, 0.25) is 0 Å². The lowest BCUT2D eigenvalue weighted by Gasteiger charge is -2.12. The Labute approximate surface area is 124 Å². The molecule has 0 amide bonds. The second-order valence-corrected chi connectivity index (χ2v) is 7.57. The lowest BCUT2D eigenvalue weighted by Crippen LogP contribution is -2.03. The van der Waals surface area contributed by atoms with E-state index in [1.165, 1.54) is 6.07 Å². The third-order valence-corrected chi connectivity index (χ3v) is 4.08. The molecule has 0 aliphatic carbocycles. The molecule has 3 nitrogen and oxygen atoms in total. The van der Waals surface area contributed by atoms with Crippen molar-refractivity contribution in [2.24, 2.45) is 0 Å². The molecule has 0 N–H and O–H groups in total. The fourth-order valence-corrected chi connectivity index (χ4v) is 3.26. The van der Waals surface area contributed by atoms with Gasteiger partial charge in [-0.2, -0.15) is 0 Å². The van der Waals surface area contributed by atoms with Gasteiger partial charge in [-0.1, -0.05) is 33.1 Å². The smallest absolute Gasteiger partial charge is 0.265 e. The zero-order chi connectivity index (χ0) is 13.9. The molecule has 7 heteroatoms. The van der Waals surface area contributed by atoms with E-state index in [1.807, 2.05) is 6.92 Å². The minimum absolute atomic E-state index is 0.0658. The van der Waals surface area contributed by atoms with Crippen LogP contribution in [0.5, 0.6) is 5.75 Å². The molecule has 0 fully saturated rings. The topological polar surface area (TPSA) is 43.4 Å². The Hall–Kier alpha value is -0.230. The first-order valence-electron chi connectivity index (χ1n) is 4.92. The highest BCUT2D eigenvalue weighted by atomic mass is 79.9. The quantitative estimate of drug-likeness (QED) is 0.568. The molecule has 0 saturated heterocycles. The number of hydrogen-bond donors (Lipinski definition) is 0. The highest BCUT2D eigenvalue weighted by Gasteiger charge is 2.20. The summed E-state index contributed by atoms with van der Waals surface area (Å²) >= 11 is 9.11. The number of ether oxygens (including phenoxy) is 1. The first-order valence-corrected chi connectivity index (χ1v) is 8.40. The fraction of sp³-hybridized carbons (Fsp3) is 0.273. The first-order chi connectivity index (χ1) is 8.21. The standard InChI is InChI=1S/C11H11BrCl2O3S/c1-7(2)3-4-17-11-9(13)5-8(12)6-10(11)18(14,15)16/h5-6H,1,3-4H2,2H3. The molecule has 1 aromatic carbocycles. The van der Waals surface area contributed by atoms with Crippen molar-refractivity contribution in [2.45, 2.75) is 18.2 Å². The summed E-state index contributed by atoms with van der Waals surface area (Å²) in [6.07, 6.45) is 0.605. The van der Waals surface area contributed by atoms with Gasteiger partial charge in [-0.15, -0.1) is 6.58 Å². The third kappa shape index (κ3) is 4.46. The van der Waals surface area contributed by atoms with E-state index in [1.54, 1.807) is 6.07 Å². The van der Waals surface area contributed by atoms with Crippen molar-refractivity contribution < 1.29 is 13.2 Å². The van der Waals surface area contributed by atoms with Gasteiger partial charge in [-0.25, -0.2) is 8.42 Å². The molecule has 0 unspecified atom stereocenters. The summed E-state index contributed by atoms with van der Waals surface area (Å²) < 4.78 is 28.8. The van der Waals surface area contributed by atoms with E-state index in [-0.39, 0.29) is 22.3 Å². The van der Waals surface area contributed by atoms with Crippen molar-refractivity contribution >= 4 is 47.3 Å². The number of rotatable bonds is 5. The van der Waals surface area contributed by atoms with E-state index in [9.17, 15) is 8.42 Å². The van der Waals surface area contributed by atoms with Gasteiger partial charge in [0.05, 0.1) is 11.6 Å². The van der Waals surface area contributed by atoms with Gasteiger partial charge in [-0.3, -0.25) is 0 Å². The maximum atomic E-state index is 11.4. The normalized spacial score (nSPS) is 11.3. The molecule has 1 rings (SSSR count). The maximum Gasteiger partial charge on any atom is 0.265 e. The SMILES string of the molecule is C=C(C)CCOc1c(Cl)cc(Br)cc1S(=O)(=O)Cl. The Balaban J connectivity index is 3.13. The van der Waals surface area contributed by atoms with Gasteiger partial charge < -0.3 is 4.74 Å². The molecule has 0 bridgehead atoms. The second kappa shape index (κ2) is 6.28. The van der Waals surface area contributed by atoms with Crippen molar-refractivity contribution in [3.63, 3.8) is 0 Å². The van der Waals surface area contributed by atoms with Crippen molar-refractivity contribution in [2.75, 3.05) is 6.61 Å². The lowest BCUT2D eigenvalue weighted by atomic mass is 10.2. The average Bonchev–Trinajstić information content (AvgIpc) is 2.18. The van der Waals surface area contributed by atoms with Crippen LogP contribution in [0.1, 0.15) is 13.3 Å². The van der Waals surface area contributed by atoms with Gasteiger partial charge in [0, 0.05) is 21.6 Å². The highest BCUT2D eigenvalue weighted by molar-refractivity contribution is 9.10. The average molecular weight is 374 g/mol. The van der Waals surface area contributed by atoms with Crippen molar-refractivity contribution in [3.8, 4) is 5.75 Å². The van der Waals surface area contributed by atoms with Gasteiger partial charge in [-0.05, 0) is 19.1 Å². The molecule has 0 atom stereocenters. The van der Waals surface area contributed by atoms with Crippen LogP contribution in [0.3, 0.4) is 0 Å². The van der Waals surface area contributed by atoms with Crippen LogP contribution in [0, 0.1) is 0 Å². The fourth-order valence-electron chi connectivity index (χ4n) is 1.19. The van der Waals surface area contributed by atoms with E-state index >= 15 is 0 Å². The van der Waals surface area contributed by atoms with Crippen LogP contribution in [0.25, 0.3) is 0 Å². The lowest BCUT2D eigenvalue weighted by molar-refractivity contribution is 0.314. The first kappa shape index (κ1) is 15.8. The molecular weight excluding hydrogens is 363 g/mol. The van der Waals surface area contributed by atoms with Gasteiger partial charge in [0.15, 0.2) is 5.75 Å². The Morgan fingerprint density at radius 2 is 2.11 bits per heavy atom. The zero-order valence-corrected chi connectivity index (χ0v) is 13.5. The predicted molar refractivity (Wildman–Crippen MR) is 77.1 cm³/mol. The van der Waals surface area contributed by atoms with Gasteiger partial charge in [0.25, 0.3) is 9.05 Å². The maximum absolute atomic E-state index is 11.4. The summed E-state index contributed by atoms with van der Waals surface area (Å²) in [6, 6.07) is 2.90. The van der Waals surface area contributed by atoms with Crippen LogP contribution in [-0.4, -0.2) is 15.0 Å². The Kier molecular flexibility index (Phi) is 5.52. The monoisotopic (exact) mass is 372 g/mol. The van der Waals surface area contributed by atoms with Gasteiger partial charge in [0.1, 0.15) is 4.90 Å².